The van der Waals surface area contributed by atoms with E-state index >= 15 is 0 Å². The van der Waals surface area contributed by atoms with Crippen LogP contribution in [0.25, 0.3) is 0 Å². The molecule has 1 aliphatic rings. The van der Waals surface area contributed by atoms with Crippen molar-refractivity contribution in [2.24, 2.45) is 0 Å². The van der Waals surface area contributed by atoms with Gasteiger partial charge in [0.15, 0.2) is 0 Å². The van der Waals surface area contributed by atoms with Crippen molar-refractivity contribution in [2.75, 3.05) is 23.8 Å². The van der Waals surface area contributed by atoms with E-state index in [-0.39, 0.29) is 16.2 Å². The van der Waals surface area contributed by atoms with Crippen LogP contribution in [0.2, 0.25) is 0 Å². The monoisotopic (exact) mass is 468 g/mol. The summed E-state index contributed by atoms with van der Waals surface area (Å²) in [5.74, 6) is -1.46. The van der Waals surface area contributed by atoms with Crippen LogP contribution >= 0.6 is 0 Å². The number of anilines is 2. The Morgan fingerprint density at radius 2 is 1.55 bits per heavy atom. The average molecular weight is 469 g/mol. The first kappa shape index (κ1) is 23.8. The Balaban J connectivity index is 1.97. The minimum absolute atomic E-state index is 0.00227. The van der Waals surface area contributed by atoms with E-state index in [4.69, 9.17) is 9.47 Å². The Morgan fingerprint density at radius 3 is 2.15 bits per heavy atom. The van der Waals surface area contributed by atoms with Crippen molar-refractivity contribution in [2.45, 2.75) is 18.7 Å². The summed E-state index contributed by atoms with van der Waals surface area (Å²) in [4.78, 5) is 26.2. The summed E-state index contributed by atoms with van der Waals surface area (Å²) >= 11 is 0. The molecule has 8 nitrogen and oxygen atoms in total. The lowest BCUT2D eigenvalue weighted by molar-refractivity contribution is -0.139. The third-order valence-corrected chi connectivity index (χ3v) is 6.47. The summed E-state index contributed by atoms with van der Waals surface area (Å²) in [5.41, 5.74) is 2.88. The van der Waals surface area contributed by atoms with Crippen molar-refractivity contribution in [3.63, 3.8) is 0 Å². The number of benzene rings is 2. The van der Waals surface area contributed by atoms with Crippen molar-refractivity contribution >= 4 is 33.3 Å². The number of carbonyl (C=O) groups excluding carboxylic acids is 2. The zero-order chi connectivity index (χ0) is 24.2. The number of nitrogens with one attached hydrogen (secondary N) is 1. The summed E-state index contributed by atoms with van der Waals surface area (Å²) in [6, 6.07) is 11.2. The molecule has 0 bridgehead atoms. The van der Waals surface area contributed by atoms with Crippen molar-refractivity contribution in [3.05, 3.63) is 89.3 Å². The smallest absolute Gasteiger partial charge is 0.355 e. The minimum atomic E-state index is -3.84. The van der Waals surface area contributed by atoms with Crippen LogP contribution in [0.15, 0.2) is 83.1 Å². The third-order valence-electron chi connectivity index (χ3n) is 5.07. The lowest BCUT2D eigenvalue weighted by atomic mass is 10.1. The van der Waals surface area contributed by atoms with E-state index in [1.54, 1.807) is 30.5 Å². The number of ether oxygens (including phenoxy) is 2. The van der Waals surface area contributed by atoms with Crippen LogP contribution in [0.3, 0.4) is 0 Å². The summed E-state index contributed by atoms with van der Waals surface area (Å²) in [6.45, 7) is 3.85. The Hall–Kier alpha value is -3.85. The molecule has 0 aromatic heterocycles. The SMILES string of the molecule is COC(=O)C1=C(C(=O)OC)N(c2ccc(S(=O)(=O)Nc3ccc(C)c(C)c3)cc2)C=CC=C1. The van der Waals surface area contributed by atoms with E-state index in [1.807, 2.05) is 19.9 Å². The van der Waals surface area contributed by atoms with Gasteiger partial charge in [-0.15, -0.1) is 0 Å². The number of hydrogen-bond acceptors (Lipinski definition) is 7. The highest BCUT2D eigenvalue weighted by atomic mass is 32.2. The molecule has 0 amide bonds. The van der Waals surface area contributed by atoms with E-state index in [0.29, 0.717) is 11.4 Å². The number of carbonyl (C=O) groups is 2. The van der Waals surface area contributed by atoms with Crippen molar-refractivity contribution < 1.29 is 27.5 Å². The summed E-state index contributed by atoms with van der Waals surface area (Å²) < 4.78 is 37.9. The molecule has 0 radical (unpaired) electrons. The highest BCUT2D eigenvalue weighted by Crippen LogP contribution is 2.28. The van der Waals surface area contributed by atoms with Gasteiger partial charge in [0, 0.05) is 17.6 Å². The van der Waals surface area contributed by atoms with E-state index in [9.17, 15) is 18.0 Å². The molecule has 3 rings (SSSR count). The number of esters is 2. The number of rotatable bonds is 6. The Bertz CT molecular complexity index is 1270. The van der Waals surface area contributed by atoms with Crippen LogP contribution in [0, 0.1) is 13.8 Å². The van der Waals surface area contributed by atoms with Gasteiger partial charge in [-0.1, -0.05) is 12.1 Å². The fourth-order valence-electron chi connectivity index (χ4n) is 3.17. The second kappa shape index (κ2) is 9.74. The van der Waals surface area contributed by atoms with Crippen LogP contribution in [0.1, 0.15) is 11.1 Å². The predicted octanol–water partition coefficient (Wildman–Crippen LogP) is 3.59. The number of hydrogen-bond donors (Lipinski definition) is 1. The molecule has 33 heavy (non-hydrogen) atoms. The maximum atomic E-state index is 12.8. The van der Waals surface area contributed by atoms with Crippen LogP contribution in [0.5, 0.6) is 0 Å². The molecule has 0 fully saturated rings. The molecule has 172 valence electrons. The average Bonchev–Trinajstić information content (AvgIpc) is 3.03. The Morgan fingerprint density at radius 1 is 0.879 bits per heavy atom. The lowest BCUT2D eigenvalue weighted by Gasteiger charge is -2.23. The van der Waals surface area contributed by atoms with Crippen LogP contribution < -0.4 is 9.62 Å². The van der Waals surface area contributed by atoms with Gasteiger partial charge in [0.25, 0.3) is 10.0 Å². The van der Waals surface area contributed by atoms with Crippen molar-refractivity contribution in [1.29, 1.82) is 0 Å². The molecule has 1 heterocycles. The Kier molecular flexibility index (Phi) is 7.03. The molecule has 0 unspecified atom stereocenters. The lowest BCUT2D eigenvalue weighted by Crippen LogP contribution is -2.27. The molecular formula is C24H24N2O6S. The number of allylic oxidation sites excluding steroid dienone is 2. The standard InChI is InChI=1S/C24H24N2O6S/c1-16-8-9-18(15-17(16)2)25-33(29,30)20-12-10-19(11-13-20)26-14-6-5-7-21(23(27)31-3)22(26)24(28)32-4/h5-15,25H,1-4H3. The molecule has 0 spiro atoms. The second-order valence-corrected chi connectivity index (χ2v) is 8.90. The van der Waals surface area contributed by atoms with Crippen molar-refractivity contribution in [3.8, 4) is 0 Å². The molecule has 0 saturated carbocycles. The third kappa shape index (κ3) is 5.15. The second-order valence-electron chi connectivity index (χ2n) is 7.21. The first-order valence-corrected chi connectivity index (χ1v) is 11.4. The van der Waals surface area contributed by atoms with Gasteiger partial charge in [0.1, 0.15) is 5.70 Å². The summed E-state index contributed by atoms with van der Waals surface area (Å²) in [5, 5.41) is 0. The zero-order valence-electron chi connectivity index (χ0n) is 18.7. The Labute approximate surface area is 192 Å². The maximum absolute atomic E-state index is 12.8. The minimum Gasteiger partial charge on any atom is -0.465 e. The predicted molar refractivity (Wildman–Crippen MR) is 125 cm³/mol. The summed E-state index contributed by atoms with van der Waals surface area (Å²) in [6.07, 6.45) is 6.22. The number of methoxy groups -OCH3 is 2. The van der Waals surface area contributed by atoms with E-state index in [0.717, 1.165) is 11.1 Å². The van der Waals surface area contributed by atoms with E-state index in [2.05, 4.69) is 4.72 Å². The van der Waals surface area contributed by atoms with Gasteiger partial charge < -0.3 is 14.4 Å². The summed E-state index contributed by atoms with van der Waals surface area (Å²) in [7, 11) is -1.42. The topological polar surface area (TPSA) is 102 Å². The molecule has 1 aliphatic heterocycles. The van der Waals surface area contributed by atoms with Gasteiger partial charge >= 0.3 is 11.9 Å². The zero-order valence-corrected chi connectivity index (χ0v) is 19.5. The highest BCUT2D eigenvalue weighted by Gasteiger charge is 2.27. The fourth-order valence-corrected chi connectivity index (χ4v) is 4.22. The van der Waals surface area contributed by atoms with Gasteiger partial charge in [-0.25, -0.2) is 18.0 Å². The van der Waals surface area contributed by atoms with Crippen LogP contribution in [0.4, 0.5) is 11.4 Å². The van der Waals surface area contributed by atoms with Gasteiger partial charge in [-0.2, -0.15) is 0 Å². The molecule has 2 aromatic rings. The van der Waals surface area contributed by atoms with E-state index < -0.39 is 22.0 Å². The van der Waals surface area contributed by atoms with Gasteiger partial charge in [0.2, 0.25) is 0 Å². The number of aryl methyl sites for hydroxylation is 2. The van der Waals surface area contributed by atoms with E-state index in [1.165, 1.54) is 49.5 Å². The first-order chi connectivity index (χ1) is 15.7. The highest BCUT2D eigenvalue weighted by molar-refractivity contribution is 7.92. The van der Waals surface area contributed by atoms with Gasteiger partial charge in [0.05, 0.1) is 24.7 Å². The number of nitrogens with zero attached hydrogens (tertiary/aromatic N) is 1. The van der Waals surface area contributed by atoms with Crippen LogP contribution in [-0.2, 0) is 29.1 Å². The molecule has 0 saturated heterocycles. The molecular weight excluding hydrogens is 444 g/mol. The van der Waals surface area contributed by atoms with Crippen LogP contribution in [-0.4, -0.2) is 34.6 Å². The fraction of sp³-hybridized carbons (Fsp3) is 0.167. The first-order valence-electron chi connectivity index (χ1n) is 9.93. The van der Waals surface area contributed by atoms with Gasteiger partial charge in [-0.05, 0) is 73.5 Å². The molecule has 9 heteroatoms. The molecule has 0 aliphatic carbocycles. The van der Waals surface area contributed by atoms with Gasteiger partial charge in [-0.3, -0.25) is 4.72 Å². The largest absolute Gasteiger partial charge is 0.465 e. The molecule has 2 aromatic carbocycles. The maximum Gasteiger partial charge on any atom is 0.355 e. The molecule has 1 N–H and O–H groups in total. The quantitative estimate of drug-likeness (QED) is 0.647. The normalized spacial score (nSPS) is 13.5. The number of sulfonamides is 1. The van der Waals surface area contributed by atoms with Crippen molar-refractivity contribution in [1.82, 2.24) is 0 Å². The molecule has 0 atom stereocenters.